The maximum absolute atomic E-state index is 13.4. The minimum atomic E-state index is -4.75. The van der Waals surface area contributed by atoms with E-state index in [2.05, 4.69) is 30.6 Å². The van der Waals surface area contributed by atoms with Crippen LogP contribution in [0.3, 0.4) is 0 Å². The standard InChI is InChI=1S/C22H21F3N8O2/c1-32-18-13(17(31-32)22(23,24)25)10-14(21(35)29-18)20(34)28-16-9-5-8-15(27-16)19-30-26-11-33(19)12-6-3-2-4-7-12/h5,8-12H,2-4,6-7H2,1H3,(H,29,35)(H,27,28,34). The molecule has 4 aromatic rings. The maximum atomic E-state index is 13.4. The number of aromatic nitrogens is 7. The number of nitrogens with one attached hydrogen (secondary N) is 2. The fourth-order valence-corrected chi connectivity index (χ4v) is 4.45. The molecule has 0 bridgehead atoms. The molecular weight excluding hydrogens is 465 g/mol. The van der Waals surface area contributed by atoms with E-state index in [0.29, 0.717) is 11.5 Å². The fourth-order valence-electron chi connectivity index (χ4n) is 4.45. The largest absolute Gasteiger partial charge is 0.435 e. The van der Waals surface area contributed by atoms with Crippen molar-refractivity contribution < 1.29 is 18.0 Å². The molecule has 0 radical (unpaired) electrons. The average molecular weight is 486 g/mol. The number of H-pyrrole nitrogens is 1. The molecule has 1 saturated carbocycles. The summed E-state index contributed by atoms with van der Waals surface area (Å²) in [6, 6.07) is 6.06. The number of pyridine rings is 2. The lowest BCUT2D eigenvalue weighted by molar-refractivity contribution is -0.140. The Morgan fingerprint density at radius 3 is 2.71 bits per heavy atom. The van der Waals surface area contributed by atoms with Gasteiger partial charge in [0.25, 0.3) is 11.5 Å². The molecule has 1 aliphatic carbocycles. The molecule has 1 aliphatic rings. The van der Waals surface area contributed by atoms with Gasteiger partial charge in [-0.1, -0.05) is 25.3 Å². The molecule has 35 heavy (non-hydrogen) atoms. The zero-order chi connectivity index (χ0) is 24.7. The molecule has 0 aromatic carbocycles. The maximum Gasteiger partial charge on any atom is 0.435 e. The predicted octanol–water partition coefficient (Wildman–Crippen LogP) is 3.69. The van der Waals surface area contributed by atoms with Crippen LogP contribution in [-0.2, 0) is 13.2 Å². The molecule has 0 aliphatic heterocycles. The molecule has 10 nitrogen and oxygen atoms in total. The molecule has 0 unspecified atom stereocenters. The van der Waals surface area contributed by atoms with Crippen LogP contribution < -0.4 is 10.9 Å². The smallest absolute Gasteiger partial charge is 0.309 e. The number of fused-ring (bicyclic) bond motifs is 1. The molecule has 0 spiro atoms. The highest BCUT2D eigenvalue weighted by Gasteiger charge is 2.37. The van der Waals surface area contributed by atoms with Gasteiger partial charge < -0.3 is 14.9 Å². The van der Waals surface area contributed by atoms with E-state index in [1.165, 1.54) is 19.5 Å². The summed E-state index contributed by atoms with van der Waals surface area (Å²) in [6.07, 6.45) is 2.38. The van der Waals surface area contributed by atoms with Gasteiger partial charge in [0.15, 0.2) is 11.5 Å². The van der Waals surface area contributed by atoms with Crippen LogP contribution in [0.5, 0.6) is 0 Å². The molecule has 2 N–H and O–H groups in total. The van der Waals surface area contributed by atoms with E-state index in [0.717, 1.165) is 36.4 Å². The topological polar surface area (TPSA) is 123 Å². The first kappa shape index (κ1) is 22.7. The van der Waals surface area contributed by atoms with Crippen LogP contribution in [0.2, 0.25) is 0 Å². The van der Waals surface area contributed by atoms with Crippen molar-refractivity contribution in [2.75, 3.05) is 5.32 Å². The lowest BCUT2D eigenvalue weighted by atomic mass is 9.95. The number of rotatable bonds is 4. The van der Waals surface area contributed by atoms with Gasteiger partial charge in [-0.25, -0.2) is 4.98 Å². The van der Waals surface area contributed by atoms with Gasteiger partial charge >= 0.3 is 6.18 Å². The Kier molecular flexibility index (Phi) is 5.61. The lowest BCUT2D eigenvalue weighted by Gasteiger charge is -2.23. The Morgan fingerprint density at radius 1 is 1.20 bits per heavy atom. The number of aryl methyl sites for hydroxylation is 1. The monoisotopic (exact) mass is 486 g/mol. The zero-order valence-corrected chi connectivity index (χ0v) is 18.6. The fraction of sp³-hybridized carbons (Fsp3) is 0.364. The van der Waals surface area contributed by atoms with Crippen molar-refractivity contribution in [2.24, 2.45) is 7.05 Å². The van der Waals surface area contributed by atoms with Crippen molar-refractivity contribution >= 4 is 22.8 Å². The number of hydrogen-bond donors (Lipinski definition) is 2. The van der Waals surface area contributed by atoms with Gasteiger partial charge in [-0.05, 0) is 31.0 Å². The molecule has 1 amide bonds. The molecule has 0 saturated heterocycles. The van der Waals surface area contributed by atoms with E-state index in [-0.39, 0.29) is 22.9 Å². The van der Waals surface area contributed by atoms with Crippen molar-refractivity contribution in [3.05, 3.63) is 52.2 Å². The zero-order valence-electron chi connectivity index (χ0n) is 18.6. The van der Waals surface area contributed by atoms with Crippen molar-refractivity contribution in [3.8, 4) is 11.5 Å². The number of hydrogen-bond acceptors (Lipinski definition) is 6. The first-order valence-corrected chi connectivity index (χ1v) is 11.1. The van der Waals surface area contributed by atoms with Crippen LogP contribution in [0.15, 0.2) is 35.4 Å². The van der Waals surface area contributed by atoms with Crippen LogP contribution >= 0.6 is 0 Å². The van der Waals surface area contributed by atoms with Gasteiger partial charge in [-0.2, -0.15) is 18.3 Å². The summed E-state index contributed by atoms with van der Waals surface area (Å²) >= 11 is 0. The molecule has 0 atom stereocenters. The molecule has 1 fully saturated rings. The number of halogens is 3. The predicted molar refractivity (Wildman–Crippen MR) is 120 cm³/mol. The molecule has 4 aromatic heterocycles. The Morgan fingerprint density at radius 2 is 1.97 bits per heavy atom. The summed E-state index contributed by atoms with van der Waals surface area (Å²) in [5, 5.41) is 13.8. The number of aromatic amines is 1. The van der Waals surface area contributed by atoms with Crippen molar-refractivity contribution in [3.63, 3.8) is 0 Å². The highest BCUT2D eigenvalue weighted by molar-refractivity contribution is 6.05. The van der Waals surface area contributed by atoms with Gasteiger partial charge in [0.2, 0.25) is 0 Å². The van der Waals surface area contributed by atoms with Crippen LogP contribution in [0.1, 0.15) is 54.2 Å². The molecular formula is C22H21F3N8O2. The van der Waals surface area contributed by atoms with Gasteiger partial charge in [-0.15, -0.1) is 10.2 Å². The Labute approximate surface area is 196 Å². The van der Waals surface area contributed by atoms with Gasteiger partial charge in [0.1, 0.15) is 29.0 Å². The Hall–Kier alpha value is -4.03. The first-order chi connectivity index (χ1) is 16.7. The normalized spacial score (nSPS) is 15.0. The second kappa shape index (κ2) is 8.64. The molecule has 13 heteroatoms. The lowest BCUT2D eigenvalue weighted by Crippen LogP contribution is -2.24. The molecule has 4 heterocycles. The SMILES string of the molecule is Cn1nc(C(F)(F)F)c2cc(C(=O)Nc3cccc(-c4nncn4C4CCCCC4)n3)c(=O)[nH]c21. The summed E-state index contributed by atoms with van der Waals surface area (Å²) in [5.74, 6) is -0.228. The number of anilines is 1. The summed E-state index contributed by atoms with van der Waals surface area (Å²) in [4.78, 5) is 32.0. The van der Waals surface area contributed by atoms with E-state index in [1.54, 1.807) is 18.5 Å². The van der Waals surface area contributed by atoms with Crippen molar-refractivity contribution in [1.82, 2.24) is 34.5 Å². The Bertz CT molecular complexity index is 1460. The van der Waals surface area contributed by atoms with Gasteiger partial charge in [0, 0.05) is 13.1 Å². The van der Waals surface area contributed by atoms with E-state index in [1.807, 2.05) is 4.57 Å². The third-order valence-corrected chi connectivity index (χ3v) is 6.12. The second-order valence-corrected chi connectivity index (χ2v) is 8.46. The van der Waals surface area contributed by atoms with Crippen molar-refractivity contribution in [2.45, 2.75) is 44.3 Å². The molecule has 5 rings (SSSR count). The highest BCUT2D eigenvalue weighted by atomic mass is 19.4. The van der Waals surface area contributed by atoms with Crippen LogP contribution in [0.4, 0.5) is 19.0 Å². The highest BCUT2D eigenvalue weighted by Crippen LogP contribution is 2.33. The summed E-state index contributed by atoms with van der Waals surface area (Å²) in [7, 11) is 1.27. The quantitative estimate of drug-likeness (QED) is 0.454. The number of alkyl halides is 3. The van der Waals surface area contributed by atoms with E-state index in [4.69, 9.17) is 0 Å². The average Bonchev–Trinajstić information content (AvgIpc) is 3.44. The van der Waals surface area contributed by atoms with Gasteiger partial charge in [-0.3, -0.25) is 14.3 Å². The van der Waals surface area contributed by atoms with Crippen LogP contribution in [0.25, 0.3) is 22.6 Å². The summed E-state index contributed by atoms with van der Waals surface area (Å²) in [6.45, 7) is 0. The summed E-state index contributed by atoms with van der Waals surface area (Å²) < 4.78 is 43.0. The first-order valence-electron chi connectivity index (χ1n) is 11.1. The summed E-state index contributed by atoms with van der Waals surface area (Å²) in [5.41, 5.74) is -2.20. The number of carbonyl (C=O) groups is 1. The number of carbonyl (C=O) groups excluding carboxylic acids is 1. The van der Waals surface area contributed by atoms with Crippen LogP contribution in [-0.4, -0.2) is 40.4 Å². The molecule has 182 valence electrons. The minimum Gasteiger partial charge on any atom is -0.309 e. The third kappa shape index (κ3) is 4.29. The van der Waals surface area contributed by atoms with Crippen molar-refractivity contribution in [1.29, 1.82) is 0 Å². The second-order valence-electron chi connectivity index (χ2n) is 8.46. The van der Waals surface area contributed by atoms with E-state index >= 15 is 0 Å². The van der Waals surface area contributed by atoms with Gasteiger partial charge in [0.05, 0.1) is 5.39 Å². The van der Waals surface area contributed by atoms with Crippen LogP contribution in [0, 0.1) is 0 Å². The Balaban J connectivity index is 1.45. The van der Waals surface area contributed by atoms with E-state index < -0.39 is 28.9 Å². The minimum absolute atomic E-state index is 0.118. The number of amides is 1. The van der Waals surface area contributed by atoms with E-state index in [9.17, 15) is 22.8 Å². The third-order valence-electron chi connectivity index (χ3n) is 6.12. The number of nitrogens with zero attached hydrogens (tertiary/aromatic N) is 6.